The molecule has 0 saturated heterocycles. The summed E-state index contributed by atoms with van der Waals surface area (Å²) in [5.41, 5.74) is 3.06. The standard InChI is InChI=1S/C25H24F2N2O3/c1-15-4-9-20(32-14-17-6-8-19(26)11-21(17)27)12-23(15)29-13-16-5-7-18(25(2,3)31)10-22(16)28-24(29)30/h4-12,31H,13-14H2,1-3H3,(H,28,30). The quantitative estimate of drug-likeness (QED) is 0.543. The van der Waals surface area contributed by atoms with Crippen molar-refractivity contribution in [2.45, 2.75) is 39.5 Å². The van der Waals surface area contributed by atoms with E-state index in [0.717, 1.165) is 17.2 Å². The number of amides is 2. The first kappa shape index (κ1) is 21.8. The summed E-state index contributed by atoms with van der Waals surface area (Å²) in [6, 6.07) is 13.9. The lowest BCUT2D eigenvalue weighted by molar-refractivity contribution is 0.0786. The van der Waals surface area contributed by atoms with Crippen LogP contribution in [0.25, 0.3) is 0 Å². The Labute approximate surface area is 185 Å². The highest BCUT2D eigenvalue weighted by Crippen LogP contribution is 2.34. The van der Waals surface area contributed by atoms with E-state index in [1.807, 2.05) is 25.1 Å². The Morgan fingerprint density at radius 2 is 1.88 bits per heavy atom. The Kier molecular flexibility index (Phi) is 5.60. The fourth-order valence-electron chi connectivity index (χ4n) is 3.60. The molecule has 5 nitrogen and oxygen atoms in total. The third kappa shape index (κ3) is 4.43. The highest BCUT2D eigenvalue weighted by molar-refractivity contribution is 6.04. The van der Waals surface area contributed by atoms with Crippen molar-refractivity contribution in [1.29, 1.82) is 0 Å². The Morgan fingerprint density at radius 3 is 2.59 bits per heavy atom. The van der Waals surface area contributed by atoms with Crippen molar-refractivity contribution in [2.75, 3.05) is 10.2 Å². The predicted molar refractivity (Wildman–Crippen MR) is 119 cm³/mol. The van der Waals surface area contributed by atoms with Crippen LogP contribution in [-0.4, -0.2) is 11.1 Å². The molecule has 7 heteroatoms. The molecule has 3 aromatic rings. The number of halogens is 2. The van der Waals surface area contributed by atoms with E-state index in [2.05, 4.69) is 5.32 Å². The van der Waals surface area contributed by atoms with E-state index in [1.54, 1.807) is 36.9 Å². The summed E-state index contributed by atoms with van der Waals surface area (Å²) < 4.78 is 32.7. The lowest BCUT2D eigenvalue weighted by Gasteiger charge is -2.31. The van der Waals surface area contributed by atoms with E-state index in [-0.39, 0.29) is 18.2 Å². The third-order valence-electron chi connectivity index (χ3n) is 5.51. The highest BCUT2D eigenvalue weighted by Gasteiger charge is 2.27. The second-order valence-corrected chi connectivity index (χ2v) is 8.42. The number of aryl methyl sites for hydroxylation is 1. The lowest BCUT2D eigenvalue weighted by Crippen LogP contribution is -2.39. The van der Waals surface area contributed by atoms with Crippen LogP contribution in [0.15, 0.2) is 54.6 Å². The molecule has 2 N–H and O–H groups in total. The van der Waals surface area contributed by atoms with E-state index in [0.29, 0.717) is 29.2 Å². The summed E-state index contributed by atoms with van der Waals surface area (Å²) in [5.74, 6) is -0.852. The van der Waals surface area contributed by atoms with Crippen molar-refractivity contribution < 1.29 is 23.4 Å². The van der Waals surface area contributed by atoms with Crippen LogP contribution < -0.4 is 15.0 Å². The molecule has 0 bridgehead atoms. The van der Waals surface area contributed by atoms with Crippen LogP contribution >= 0.6 is 0 Å². The van der Waals surface area contributed by atoms with Crippen LogP contribution in [0.1, 0.15) is 36.1 Å². The molecule has 3 aromatic carbocycles. The number of fused-ring (bicyclic) bond motifs is 1. The van der Waals surface area contributed by atoms with Crippen LogP contribution in [0.2, 0.25) is 0 Å². The van der Waals surface area contributed by atoms with Crippen molar-refractivity contribution in [3.05, 3.63) is 88.5 Å². The van der Waals surface area contributed by atoms with Crippen LogP contribution in [0, 0.1) is 18.6 Å². The minimum absolute atomic E-state index is 0.0661. The number of urea groups is 1. The summed E-state index contributed by atoms with van der Waals surface area (Å²) in [4.78, 5) is 14.5. The molecule has 0 atom stereocenters. The molecule has 1 aliphatic rings. The SMILES string of the molecule is Cc1ccc(OCc2ccc(F)cc2F)cc1N1Cc2ccc(C(C)(C)O)cc2NC1=O. The van der Waals surface area contributed by atoms with E-state index in [9.17, 15) is 18.7 Å². The van der Waals surface area contributed by atoms with Gasteiger partial charge in [0.2, 0.25) is 0 Å². The van der Waals surface area contributed by atoms with E-state index in [1.165, 1.54) is 12.1 Å². The maximum atomic E-state index is 13.9. The van der Waals surface area contributed by atoms with Gasteiger partial charge in [0.25, 0.3) is 0 Å². The van der Waals surface area contributed by atoms with Gasteiger partial charge in [0, 0.05) is 23.4 Å². The molecule has 0 aliphatic carbocycles. The molecule has 2 amide bonds. The molecule has 0 unspecified atom stereocenters. The third-order valence-corrected chi connectivity index (χ3v) is 5.51. The zero-order chi connectivity index (χ0) is 23.0. The van der Waals surface area contributed by atoms with Crippen molar-refractivity contribution in [1.82, 2.24) is 0 Å². The monoisotopic (exact) mass is 438 g/mol. The fraction of sp³-hybridized carbons (Fsp3) is 0.240. The number of aliphatic hydroxyl groups is 1. The predicted octanol–water partition coefficient (Wildman–Crippen LogP) is 5.63. The summed E-state index contributed by atoms with van der Waals surface area (Å²) in [7, 11) is 0. The van der Waals surface area contributed by atoms with Gasteiger partial charge in [-0.25, -0.2) is 13.6 Å². The summed E-state index contributed by atoms with van der Waals surface area (Å²) in [5, 5.41) is 13.1. The van der Waals surface area contributed by atoms with Crippen LogP contribution in [0.3, 0.4) is 0 Å². The van der Waals surface area contributed by atoms with Crippen molar-refractivity contribution in [3.8, 4) is 5.75 Å². The molecular formula is C25H24F2N2O3. The molecule has 0 aromatic heterocycles. The Balaban J connectivity index is 1.56. The minimum Gasteiger partial charge on any atom is -0.489 e. The maximum Gasteiger partial charge on any atom is 0.326 e. The topological polar surface area (TPSA) is 61.8 Å². The molecule has 4 rings (SSSR count). The number of nitrogens with zero attached hydrogens (tertiary/aromatic N) is 1. The molecule has 166 valence electrons. The molecule has 0 saturated carbocycles. The van der Waals surface area contributed by atoms with Gasteiger partial charge in [-0.1, -0.05) is 18.2 Å². The number of nitrogens with one attached hydrogen (secondary N) is 1. The lowest BCUT2D eigenvalue weighted by atomic mass is 9.95. The molecule has 0 radical (unpaired) electrons. The fourth-order valence-corrected chi connectivity index (χ4v) is 3.60. The van der Waals surface area contributed by atoms with Gasteiger partial charge in [-0.3, -0.25) is 4.90 Å². The number of benzene rings is 3. The first-order valence-corrected chi connectivity index (χ1v) is 10.2. The number of ether oxygens (including phenoxy) is 1. The number of anilines is 2. The van der Waals surface area contributed by atoms with Crippen LogP contribution in [-0.2, 0) is 18.8 Å². The molecule has 1 aliphatic heterocycles. The summed E-state index contributed by atoms with van der Waals surface area (Å²) >= 11 is 0. The summed E-state index contributed by atoms with van der Waals surface area (Å²) in [6.07, 6.45) is 0. The average Bonchev–Trinajstić information content (AvgIpc) is 2.72. The van der Waals surface area contributed by atoms with Crippen LogP contribution in [0.5, 0.6) is 5.75 Å². The first-order valence-electron chi connectivity index (χ1n) is 10.2. The first-order chi connectivity index (χ1) is 15.1. The van der Waals surface area contributed by atoms with Gasteiger partial charge in [0.05, 0.1) is 17.8 Å². The van der Waals surface area contributed by atoms with Gasteiger partial charge in [-0.05, 0) is 61.7 Å². The number of carbonyl (C=O) groups is 1. The highest BCUT2D eigenvalue weighted by atomic mass is 19.1. The number of hydrogen-bond acceptors (Lipinski definition) is 3. The van der Waals surface area contributed by atoms with E-state index < -0.39 is 17.2 Å². The van der Waals surface area contributed by atoms with Crippen molar-refractivity contribution in [2.24, 2.45) is 0 Å². The average molecular weight is 438 g/mol. The number of carbonyl (C=O) groups excluding carboxylic acids is 1. The second-order valence-electron chi connectivity index (χ2n) is 8.42. The van der Waals surface area contributed by atoms with E-state index >= 15 is 0 Å². The minimum atomic E-state index is -1.01. The van der Waals surface area contributed by atoms with Gasteiger partial charge in [0.1, 0.15) is 24.0 Å². The molecular weight excluding hydrogens is 414 g/mol. The van der Waals surface area contributed by atoms with Gasteiger partial charge < -0.3 is 15.2 Å². The Morgan fingerprint density at radius 1 is 1.09 bits per heavy atom. The molecule has 1 heterocycles. The van der Waals surface area contributed by atoms with Gasteiger partial charge in [-0.15, -0.1) is 0 Å². The normalized spacial score (nSPS) is 13.6. The van der Waals surface area contributed by atoms with Crippen molar-refractivity contribution in [3.63, 3.8) is 0 Å². The number of hydrogen-bond donors (Lipinski definition) is 2. The zero-order valence-electron chi connectivity index (χ0n) is 18.1. The van der Waals surface area contributed by atoms with E-state index in [4.69, 9.17) is 4.74 Å². The van der Waals surface area contributed by atoms with Crippen LogP contribution in [0.4, 0.5) is 25.0 Å². The number of rotatable bonds is 5. The van der Waals surface area contributed by atoms with Crippen molar-refractivity contribution >= 4 is 17.4 Å². The van der Waals surface area contributed by atoms with Gasteiger partial charge >= 0.3 is 6.03 Å². The molecule has 32 heavy (non-hydrogen) atoms. The molecule has 0 spiro atoms. The van der Waals surface area contributed by atoms with Gasteiger partial charge in [0.15, 0.2) is 0 Å². The second kappa shape index (κ2) is 8.24. The van der Waals surface area contributed by atoms with Gasteiger partial charge in [-0.2, -0.15) is 0 Å². The molecule has 0 fully saturated rings. The summed E-state index contributed by atoms with van der Waals surface area (Å²) in [6.45, 7) is 5.56. The zero-order valence-corrected chi connectivity index (χ0v) is 18.1. The maximum absolute atomic E-state index is 13.9. The Hall–Kier alpha value is -3.45. The Bertz CT molecular complexity index is 1190. The smallest absolute Gasteiger partial charge is 0.326 e. The largest absolute Gasteiger partial charge is 0.489 e.